The zero-order valence-electron chi connectivity index (χ0n) is 11.8. The molecule has 2 heterocycles. The Kier molecular flexibility index (Phi) is 4.17. The largest absolute Gasteiger partial charge is 0.482 e. The van der Waals surface area contributed by atoms with E-state index in [0.29, 0.717) is 23.4 Å². The Bertz CT molecular complexity index is 553. The molecule has 0 saturated carbocycles. The van der Waals surface area contributed by atoms with Crippen molar-refractivity contribution in [1.29, 1.82) is 0 Å². The highest BCUT2D eigenvalue weighted by Crippen LogP contribution is 2.28. The summed E-state index contributed by atoms with van der Waals surface area (Å²) in [6, 6.07) is 5.17. The minimum Gasteiger partial charge on any atom is -0.482 e. The molecule has 0 spiro atoms. The summed E-state index contributed by atoms with van der Waals surface area (Å²) in [4.78, 5) is 25.8. The molecule has 1 amide bonds. The number of carbonyl (C=O) groups excluding carboxylic acids is 2. The number of anilines is 1. The average Bonchev–Trinajstić information content (AvgIpc) is 2.53. The van der Waals surface area contributed by atoms with Gasteiger partial charge in [0, 0.05) is 31.6 Å². The van der Waals surface area contributed by atoms with E-state index in [1.165, 1.54) is 0 Å². The Hall–Kier alpha value is -1.92. The third kappa shape index (κ3) is 3.40. The van der Waals surface area contributed by atoms with Crippen molar-refractivity contribution < 1.29 is 19.1 Å². The van der Waals surface area contributed by atoms with Crippen LogP contribution in [-0.4, -0.2) is 56.0 Å². The van der Waals surface area contributed by atoms with Gasteiger partial charge in [-0.05, 0) is 18.2 Å². The van der Waals surface area contributed by atoms with Crippen LogP contribution in [0.5, 0.6) is 5.75 Å². The lowest BCUT2D eigenvalue weighted by Crippen LogP contribution is -2.37. The number of hydrogen-bond donors (Lipinski definition) is 1. The molecule has 0 radical (unpaired) electrons. The van der Waals surface area contributed by atoms with E-state index in [4.69, 9.17) is 9.47 Å². The average molecular weight is 290 g/mol. The van der Waals surface area contributed by atoms with Crippen molar-refractivity contribution in [2.75, 3.05) is 44.8 Å². The lowest BCUT2D eigenvalue weighted by molar-refractivity contribution is -0.118. The number of nitrogens with one attached hydrogen (secondary N) is 1. The van der Waals surface area contributed by atoms with Gasteiger partial charge in [0.25, 0.3) is 5.91 Å². The summed E-state index contributed by atoms with van der Waals surface area (Å²) in [6.07, 6.45) is 0.466. The van der Waals surface area contributed by atoms with Crippen LogP contribution in [0.25, 0.3) is 0 Å². The Balaban J connectivity index is 1.61. The molecule has 1 N–H and O–H groups in total. The molecule has 1 aromatic rings. The van der Waals surface area contributed by atoms with Gasteiger partial charge in [-0.25, -0.2) is 0 Å². The van der Waals surface area contributed by atoms with Gasteiger partial charge in [-0.2, -0.15) is 0 Å². The standard InChI is InChI=1S/C15H18N2O4/c18-13(3-4-17-5-7-20-8-6-17)11-1-2-14-12(9-11)16-15(19)10-21-14/h1-2,9H,3-8,10H2,(H,16,19). The first-order valence-corrected chi connectivity index (χ1v) is 7.12. The van der Waals surface area contributed by atoms with Crippen molar-refractivity contribution >= 4 is 17.4 Å². The number of nitrogens with zero attached hydrogens (tertiary/aromatic N) is 1. The van der Waals surface area contributed by atoms with Crippen LogP contribution in [0.1, 0.15) is 16.8 Å². The van der Waals surface area contributed by atoms with Gasteiger partial charge in [-0.15, -0.1) is 0 Å². The molecule has 2 aliphatic rings. The van der Waals surface area contributed by atoms with E-state index in [1.807, 2.05) is 0 Å². The lowest BCUT2D eigenvalue weighted by atomic mass is 10.1. The molecule has 0 atom stereocenters. The van der Waals surface area contributed by atoms with Gasteiger partial charge in [0.05, 0.1) is 18.9 Å². The topological polar surface area (TPSA) is 67.9 Å². The highest BCUT2D eigenvalue weighted by atomic mass is 16.5. The number of amides is 1. The van der Waals surface area contributed by atoms with Gasteiger partial charge in [0.2, 0.25) is 0 Å². The number of benzene rings is 1. The highest BCUT2D eigenvalue weighted by molar-refractivity contribution is 6.00. The quantitative estimate of drug-likeness (QED) is 0.835. The molecule has 0 aliphatic carbocycles. The summed E-state index contributed by atoms with van der Waals surface area (Å²) < 4.78 is 10.6. The fourth-order valence-corrected chi connectivity index (χ4v) is 2.49. The van der Waals surface area contributed by atoms with Gasteiger partial charge in [0.1, 0.15) is 5.75 Å². The van der Waals surface area contributed by atoms with Gasteiger partial charge in [-0.1, -0.05) is 0 Å². The number of rotatable bonds is 4. The zero-order chi connectivity index (χ0) is 14.7. The predicted octanol–water partition coefficient (Wildman–Crippen LogP) is 0.922. The predicted molar refractivity (Wildman–Crippen MR) is 76.8 cm³/mol. The first kappa shape index (κ1) is 14.0. The number of fused-ring (bicyclic) bond motifs is 1. The maximum atomic E-state index is 12.2. The van der Waals surface area contributed by atoms with Crippen LogP contribution >= 0.6 is 0 Å². The van der Waals surface area contributed by atoms with Crippen LogP contribution in [0, 0.1) is 0 Å². The normalized spacial score (nSPS) is 18.6. The second-order valence-electron chi connectivity index (χ2n) is 5.17. The lowest BCUT2D eigenvalue weighted by Gasteiger charge is -2.26. The first-order chi connectivity index (χ1) is 10.2. The number of morpholine rings is 1. The first-order valence-electron chi connectivity index (χ1n) is 7.12. The van der Waals surface area contributed by atoms with Gasteiger partial charge < -0.3 is 14.8 Å². The molecule has 0 unspecified atom stereocenters. The molecule has 1 aromatic carbocycles. The van der Waals surface area contributed by atoms with Crippen molar-refractivity contribution in [1.82, 2.24) is 4.90 Å². The number of Topliss-reactive ketones (excluding diaryl/α,β-unsaturated/α-hetero) is 1. The maximum Gasteiger partial charge on any atom is 0.262 e. The number of ether oxygens (including phenoxy) is 2. The van der Waals surface area contributed by atoms with Crippen LogP contribution in [0.15, 0.2) is 18.2 Å². The fourth-order valence-electron chi connectivity index (χ4n) is 2.49. The van der Waals surface area contributed by atoms with Crippen LogP contribution < -0.4 is 10.1 Å². The summed E-state index contributed by atoms with van der Waals surface area (Å²) in [6.45, 7) is 3.98. The monoisotopic (exact) mass is 290 g/mol. The number of carbonyl (C=O) groups is 2. The molecule has 2 aliphatic heterocycles. The number of ketones is 1. The van der Waals surface area contributed by atoms with E-state index in [-0.39, 0.29) is 18.3 Å². The van der Waals surface area contributed by atoms with Crippen molar-refractivity contribution in [3.8, 4) is 5.75 Å². The van der Waals surface area contributed by atoms with Gasteiger partial charge in [-0.3, -0.25) is 14.5 Å². The fraction of sp³-hybridized carbons (Fsp3) is 0.467. The molecule has 0 bridgehead atoms. The van der Waals surface area contributed by atoms with Crippen LogP contribution in [0.4, 0.5) is 5.69 Å². The summed E-state index contributed by atoms with van der Waals surface area (Å²) in [5.74, 6) is 0.490. The van der Waals surface area contributed by atoms with Crippen LogP contribution in [0.3, 0.4) is 0 Å². The third-order valence-electron chi connectivity index (χ3n) is 3.69. The molecular formula is C15H18N2O4. The van der Waals surface area contributed by atoms with Crippen molar-refractivity contribution in [3.63, 3.8) is 0 Å². The van der Waals surface area contributed by atoms with E-state index in [1.54, 1.807) is 18.2 Å². The Morgan fingerprint density at radius 3 is 2.90 bits per heavy atom. The molecule has 3 rings (SSSR count). The van der Waals surface area contributed by atoms with Crippen molar-refractivity contribution in [3.05, 3.63) is 23.8 Å². The maximum absolute atomic E-state index is 12.2. The van der Waals surface area contributed by atoms with Gasteiger partial charge >= 0.3 is 0 Å². The van der Waals surface area contributed by atoms with Crippen molar-refractivity contribution in [2.24, 2.45) is 0 Å². The molecule has 0 aromatic heterocycles. The van der Waals surface area contributed by atoms with E-state index in [9.17, 15) is 9.59 Å². The van der Waals surface area contributed by atoms with E-state index in [0.717, 1.165) is 32.8 Å². The van der Waals surface area contributed by atoms with Crippen LogP contribution in [-0.2, 0) is 9.53 Å². The van der Waals surface area contributed by atoms with Crippen molar-refractivity contribution in [2.45, 2.75) is 6.42 Å². The summed E-state index contributed by atoms with van der Waals surface area (Å²) in [7, 11) is 0. The molecule has 1 saturated heterocycles. The minimum atomic E-state index is -0.194. The molecule has 1 fully saturated rings. The molecular weight excluding hydrogens is 272 g/mol. The SMILES string of the molecule is O=C1COc2ccc(C(=O)CCN3CCOCC3)cc2N1. The Morgan fingerprint density at radius 1 is 1.29 bits per heavy atom. The van der Waals surface area contributed by atoms with E-state index in [2.05, 4.69) is 10.2 Å². The van der Waals surface area contributed by atoms with Crippen LogP contribution in [0.2, 0.25) is 0 Å². The second kappa shape index (κ2) is 6.24. The minimum absolute atomic E-state index is 0.0251. The molecule has 6 nitrogen and oxygen atoms in total. The second-order valence-corrected chi connectivity index (χ2v) is 5.17. The van der Waals surface area contributed by atoms with E-state index < -0.39 is 0 Å². The third-order valence-corrected chi connectivity index (χ3v) is 3.69. The Morgan fingerprint density at radius 2 is 2.10 bits per heavy atom. The summed E-state index contributed by atoms with van der Waals surface area (Å²) >= 11 is 0. The Labute approximate surface area is 123 Å². The molecule has 21 heavy (non-hydrogen) atoms. The highest BCUT2D eigenvalue weighted by Gasteiger charge is 2.18. The smallest absolute Gasteiger partial charge is 0.262 e. The number of hydrogen-bond acceptors (Lipinski definition) is 5. The van der Waals surface area contributed by atoms with Gasteiger partial charge in [0.15, 0.2) is 12.4 Å². The summed E-state index contributed by atoms with van der Waals surface area (Å²) in [5.41, 5.74) is 1.18. The summed E-state index contributed by atoms with van der Waals surface area (Å²) in [5, 5.41) is 2.72. The molecule has 6 heteroatoms. The van der Waals surface area contributed by atoms with E-state index >= 15 is 0 Å². The zero-order valence-corrected chi connectivity index (χ0v) is 11.8. The molecule has 112 valence electrons.